The minimum atomic E-state index is -1.24. The van der Waals surface area contributed by atoms with E-state index in [0.29, 0.717) is 41.3 Å². The zero-order valence-electron chi connectivity index (χ0n) is 22.9. The highest BCUT2D eigenvalue weighted by atomic mass is 28.3. The third-order valence-electron chi connectivity index (χ3n) is 6.91. The van der Waals surface area contributed by atoms with Crippen molar-refractivity contribution < 1.29 is 19.1 Å². The number of aromatic nitrogens is 3. The van der Waals surface area contributed by atoms with Gasteiger partial charge in [-0.3, -0.25) is 9.59 Å². The van der Waals surface area contributed by atoms with E-state index in [4.69, 9.17) is 15.2 Å². The molecule has 3 N–H and O–H groups in total. The van der Waals surface area contributed by atoms with Crippen molar-refractivity contribution in [2.45, 2.75) is 58.2 Å². The van der Waals surface area contributed by atoms with Gasteiger partial charge < -0.3 is 25.4 Å². The number of nitrogens with zero attached hydrogens (tertiary/aromatic N) is 4. The summed E-state index contributed by atoms with van der Waals surface area (Å²) in [6.07, 6.45) is 4.79. The molecule has 0 saturated carbocycles. The normalized spacial score (nSPS) is 18.0. The fraction of sp³-hybridized carbons (Fsp3) is 0.481. The van der Waals surface area contributed by atoms with Crippen LogP contribution in [0.25, 0.3) is 10.9 Å². The highest BCUT2D eigenvalue weighted by Crippen LogP contribution is 2.35. The van der Waals surface area contributed by atoms with Crippen LogP contribution in [0.5, 0.6) is 5.75 Å². The summed E-state index contributed by atoms with van der Waals surface area (Å²) >= 11 is 0. The number of anilines is 2. The summed E-state index contributed by atoms with van der Waals surface area (Å²) in [7, 11) is 0.378. The van der Waals surface area contributed by atoms with E-state index in [-0.39, 0.29) is 18.7 Å². The topological polar surface area (TPSA) is 125 Å². The number of carbonyl (C=O) groups excluding carboxylic acids is 2. The van der Waals surface area contributed by atoms with Crippen molar-refractivity contribution in [3.63, 3.8) is 0 Å². The number of fused-ring (bicyclic) bond motifs is 1. The second-order valence-corrected chi connectivity index (χ2v) is 16.8. The van der Waals surface area contributed by atoms with E-state index >= 15 is 0 Å². The monoisotopic (exact) mass is 538 g/mol. The summed E-state index contributed by atoms with van der Waals surface area (Å²) in [5, 5.41) is 7.76. The van der Waals surface area contributed by atoms with Gasteiger partial charge in [-0.15, -0.1) is 0 Å². The molecular weight excluding hydrogens is 500 g/mol. The van der Waals surface area contributed by atoms with Crippen LogP contribution in [0.4, 0.5) is 11.5 Å². The van der Waals surface area contributed by atoms with Gasteiger partial charge in [-0.25, -0.2) is 9.67 Å². The van der Waals surface area contributed by atoms with Crippen LogP contribution >= 0.6 is 0 Å². The van der Waals surface area contributed by atoms with Crippen LogP contribution in [-0.4, -0.2) is 59.8 Å². The lowest BCUT2D eigenvalue weighted by atomic mass is 9.89. The van der Waals surface area contributed by atoms with Crippen molar-refractivity contribution in [2.75, 3.05) is 31.3 Å². The molecule has 1 aromatic carbocycles. The number of pyridine rings is 1. The van der Waals surface area contributed by atoms with E-state index in [1.54, 1.807) is 22.9 Å². The van der Waals surface area contributed by atoms with Crippen molar-refractivity contribution in [1.82, 2.24) is 19.7 Å². The molecule has 1 fully saturated rings. The summed E-state index contributed by atoms with van der Waals surface area (Å²) in [5.74, 6) is -0.0263. The highest BCUT2D eigenvalue weighted by Gasteiger charge is 2.34. The maximum Gasteiger partial charge on any atom is 0.314 e. The zero-order chi connectivity index (χ0) is 27.4. The molecule has 1 saturated heterocycles. The minimum Gasteiger partial charge on any atom is -0.497 e. The van der Waals surface area contributed by atoms with E-state index in [1.165, 1.54) is 6.20 Å². The molecule has 0 radical (unpaired) electrons. The van der Waals surface area contributed by atoms with Gasteiger partial charge in [-0.2, -0.15) is 5.10 Å². The number of piperidine rings is 1. The summed E-state index contributed by atoms with van der Waals surface area (Å²) in [6, 6.07) is 8.47. The molecule has 0 spiro atoms. The molecule has 0 unspecified atom stereocenters. The zero-order valence-corrected chi connectivity index (χ0v) is 23.9. The first-order valence-corrected chi connectivity index (χ1v) is 16.7. The number of carbonyl (C=O) groups is 2. The Balaban J connectivity index is 1.55. The summed E-state index contributed by atoms with van der Waals surface area (Å²) in [6.45, 7) is 10.3. The van der Waals surface area contributed by atoms with Crippen LogP contribution < -0.4 is 15.8 Å². The number of nitrogens with one attached hydrogen (secondary N) is 1. The second kappa shape index (κ2) is 11.5. The summed E-state index contributed by atoms with van der Waals surface area (Å²) in [4.78, 5) is 32.7. The van der Waals surface area contributed by atoms with Crippen molar-refractivity contribution in [3.8, 4) is 5.75 Å². The van der Waals surface area contributed by atoms with Crippen LogP contribution in [0.15, 0.2) is 36.7 Å². The number of methoxy groups -OCH3 is 1. The standard InChI is InChI=1S/C27H38N6O4Si/c1-18-9-10-23(19-7-6-8-20(13-19)36-2)32(16-18)27(35)26(34)31-22-15-29-25(28)21-14-30-33(24(21)22)17-37-11-12-38(3,4)5/h6-8,13-15,18,23H,9-12,16-17H2,1-5H3,(H2,28,29)(H,31,34)/t18-,23+/m0/s1. The van der Waals surface area contributed by atoms with Gasteiger partial charge >= 0.3 is 11.8 Å². The smallest absolute Gasteiger partial charge is 0.314 e. The fourth-order valence-corrected chi connectivity index (χ4v) is 5.48. The Morgan fingerprint density at radius 2 is 2.00 bits per heavy atom. The van der Waals surface area contributed by atoms with Gasteiger partial charge in [0.05, 0.1) is 42.1 Å². The first-order chi connectivity index (χ1) is 18.1. The van der Waals surface area contributed by atoms with Crippen LogP contribution in [0.1, 0.15) is 31.4 Å². The Morgan fingerprint density at radius 1 is 1.21 bits per heavy atom. The molecule has 1 aliphatic rings. The summed E-state index contributed by atoms with van der Waals surface area (Å²) in [5.41, 5.74) is 7.96. The van der Waals surface area contributed by atoms with E-state index in [0.717, 1.165) is 24.4 Å². The number of benzene rings is 1. The predicted molar refractivity (Wildman–Crippen MR) is 151 cm³/mol. The minimum absolute atomic E-state index is 0.204. The molecule has 10 nitrogen and oxygen atoms in total. The van der Waals surface area contributed by atoms with Crippen LogP contribution in [0.3, 0.4) is 0 Å². The number of amides is 2. The lowest BCUT2D eigenvalue weighted by Crippen LogP contribution is -2.46. The number of hydrogen-bond donors (Lipinski definition) is 2. The molecule has 2 amide bonds. The summed E-state index contributed by atoms with van der Waals surface area (Å²) < 4.78 is 12.9. The maximum absolute atomic E-state index is 13.5. The molecule has 0 aliphatic carbocycles. The highest BCUT2D eigenvalue weighted by molar-refractivity contribution is 6.76. The number of nitrogen functional groups attached to an aromatic ring is 1. The van der Waals surface area contributed by atoms with Gasteiger partial charge in [-0.1, -0.05) is 38.7 Å². The van der Waals surface area contributed by atoms with Crippen molar-refractivity contribution >= 4 is 42.3 Å². The first kappa shape index (κ1) is 27.6. The van der Waals surface area contributed by atoms with Gasteiger partial charge in [0.1, 0.15) is 18.3 Å². The molecule has 11 heteroatoms. The Kier molecular flexibility index (Phi) is 8.37. The molecule has 4 rings (SSSR count). The molecule has 38 heavy (non-hydrogen) atoms. The quantitative estimate of drug-likeness (QED) is 0.249. The van der Waals surface area contributed by atoms with Gasteiger partial charge in [0, 0.05) is 21.2 Å². The number of rotatable bonds is 8. The number of likely N-dealkylation sites (tertiary alicyclic amines) is 1. The van der Waals surface area contributed by atoms with Crippen molar-refractivity contribution in [2.24, 2.45) is 5.92 Å². The number of ether oxygens (including phenoxy) is 2. The number of hydrogen-bond acceptors (Lipinski definition) is 7. The molecule has 204 valence electrons. The Hall–Kier alpha value is -3.44. The molecule has 3 aromatic rings. The molecule has 2 aromatic heterocycles. The van der Waals surface area contributed by atoms with E-state index in [9.17, 15) is 9.59 Å². The van der Waals surface area contributed by atoms with E-state index in [1.807, 2.05) is 24.3 Å². The molecule has 3 heterocycles. The Bertz CT molecular complexity index is 1300. The van der Waals surface area contributed by atoms with Crippen LogP contribution in [0.2, 0.25) is 25.7 Å². The number of nitrogens with two attached hydrogens (primary N) is 1. The average molecular weight is 539 g/mol. The van der Waals surface area contributed by atoms with Gasteiger partial charge in [0.15, 0.2) is 0 Å². The SMILES string of the molecule is COc1cccc([C@H]2CC[C@H](C)CN2C(=O)C(=O)Nc2cnc(N)c3cnn(COCC[Si](C)(C)C)c23)c1. The Labute approximate surface area is 224 Å². The third-order valence-corrected chi connectivity index (χ3v) is 8.62. The van der Waals surface area contributed by atoms with Gasteiger partial charge in [-0.05, 0) is 42.5 Å². The van der Waals surface area contributed by atoms with Crippen molar-refractivity contribution in [1.29, 1.82) is 0 Å². The molecule has 2 atom stereocenters. The van der Waals surface area contributed by atoms with Crippen LogP contribution in [-0.2, 0) is 21.1 Å². The largest absolute Gasteiger partial charge is 0.497 e. The fourth-order valence-electron chi connectivity index (χ4n) is 4.72. The first-order valence-electron chi connectivity index (χ1n) is 13.0. The lowest BCUT2D eigenvalue weighted by molar-refractivity contribution is -0.146. The Morgan fingerprint density at radius 3 is 2.74 bits per heavy atom. The van der Waals surface area contributed by atoms with Gasteiger partial charge in [0.2, 0.25) is 0 Å². The van der Waals surface area contributed by atoms with Gasteiger partial charge in [0.25, 0.3) is 0 Å². The molecular formula is C27H38N6O4Si. The second-order valence-electron chi connectivity index (χ2n) is 11.2. The van der Waals surface area contributed by atoms with E-state index in [2.05, 4.69) is 42.0 Å². The average Bonchev–Trinajstić information content (AvgIpc) is 3.32. The van der Waals surface area contributed by atoms with Crippen LogP contribution in [0, 0.1) is 5.92 Å². The predicted octanol–water partition coefficient (Wildman–Crippen LogP) is 4.27. The third kappa shape index (κ3) is 6.33. The van der Waals surface area contributed by atoms with Crippen molar-refractivity contribution in [3.05, 3.63) is 42.2 Å². The molecule has 0 bridgehead atoms. The maximum atomic E-state index is 13.5. The lowest BCUT2D eigenvalue weighted by Gasteiger charge is -2.38. The van der Waals surface area contributed by atoms with E-state index < -0.39 is 19.9 Å². The molecule has 1 aliphatic heterocycles.